The summed E-state index contributed by atoms with van der Waals surface area (Å²) in [6, 6.07) is 17.4. The molecule has 0 bridgehead atoms. The number of benzene rings is 3. The number of phenols is 1. The number of carbonyl (C=O) groups excluding carboxylic acids is 4. The van der Waals surface area contributed by atoms with E-state index in [2.05, 4.69) is 15.9 Å². The van der Waals surface area contributed by atoms with E-state index in [1.807, 2.05) is 18.2 Å². The van der Waals surface area contributed by atoms with Crippen LogP contribution >= 0.6 is 39.1 Å². The smallest absolute Gasteiger partial charge is 0.253 e. The van der Waals surface area contributed by atoms with E-state index in [9.17, 15) is 24.3 Å². The van der Waals surface area contributed by atoms with Gasteiger partial charge in [-0.05, 0) is 60.0 Å². The van der Waals surface area contributed by atoms with Gasteiger partial charge in [-0.2, -0.15) is 0 Å². The molecule has 0 spiro atoms. The third-order valence-electron chi connectivity index (χ3n) is 9.34. The summed E-state index contributed by atoms with van der Waals surface area (Å²) in [7, 11) is 1.36. The predicted octanol–water partition coefficient (Wildman–Crippen LogP) is 5.50. The number of phenolic OH excluding ortho intramolecular Hbond substituents is 1. The number of hydrogen-bond donors (Lipinski definition) is 1. The highest BCUT2D eigenvalue weighted by Gasteiger charge is 2.76. The largest absolute Gasteiger partial charge is 0.507 e. The van der Waals surface area contributed by atoms with Crippen molar-refractivity contribution in [2.45, 2.75) is 28.5 Å². The molecule has 2 aliphatic carbocycles. The van der Waals surface area contributed by atoms with Crippen LogP contribution in [-0.2, 0) is 19.2 Å². The van der Waals surface area contributed by atoms with Crippen LogP contribution in [0.5, 0.6) is 5.75 Å². The lowest BCUT2D eigenvalue weighted by atomic mass is 9.56. The summed E-state index contributed by atoms with van der Waals surface area (Å²) >= 11 is 17.9. The summed E-state index contributed by atoms with van der Waals surface area (Å²) < 4.78 is 0.814. The summed E-state index contributed by atoms with van der Waals surface area (Å²) in [6.07, 6.45) is 2.12. The fourth-order valence-corrected chi connectivity index (χ4v) is 8.77. The number of rotatable bonds is 2. The van der Waals surface area contributed by atoms with Gasteiger partial charge in [-0.15, -0.1) is 23.2 Å². The fourth-order valence-electron chi connectivity index (χ4n) is 7.49. The fraction of sp³-hybridized carbons (Fsp3) is 0.290. The minimum absolute atomic E-state index is 0.0582. The average molecular weight is 654 g/mol. The summed E-state index contributed by atoms with van der Waals surface area (Å²) in [6.45, 7) is 0. The lowest BCUT2D eigenvalue weighted by Gasteiger charge is -2.51. The Kier molecular flexibility index (Phi) is 5.79. The maximum atomic E-state index is 14.1. The molecule has 4 amide bonds. The third-order valence-corrected chi connectivity index (χ3v) is 11.3. The topological polar surface area (TPSA) is 95.0 Å². The predicted molar refractivity (Wildman–Crippen MR) is 158 cm³/mol. The molecular weight excluding hydrogens is 631 g/mol. The van der Waals surface area contributed by atoms with E-state index in [4.69, 9.17) is 23.2 Å². The van der Waals surface area contributed by atoms with Gasteiger partial charge >= 0.3 is 0 Å². The first kappa shape index (κ1) is 26.7. The molecule has 41 heavy (non-hydrogen) atoms. The second kappa shape index (κ2) is 8.90. The van der Waals surface area contributed by atoms with Crippen LogP contribution in [0.25, 0.3) is 10.8 Å². The SMILES string of the molecule is CN1C(=O)C2(Cl)CC3C(=CCC4C(=O)N(c5ccc(Br)cc5)C(=O)C43)C(c3ccc(O)c4ccccc34)C2(Cl)C1=O. The average Bonchev–Trinajstić information content (AvgIpc) is 3.29. The van der Waals surface area contributed by atoms with Crippen LogP contribution in [-0.4, -0.2) is 50.4 Å². The second-order valence-corrected chi connectivity index (χ2v) is 13.4. The molecule has 1 N–H and O–H groups in total. The molecule has 3 aromatic rings. The first-order valence-corrected chi connectivity index (χ1v) is 14.8. The number of fused-ring (bicyclic) bond motifs is 5. The van der Waals surface area contributed by atoms with E-state index in [0.29, 0.717) is 27.6 Å². The lowest BCUT2D eigenvalue weighted by Crippen LogP contribution is -2.60. The highest BCUT2D eigenvalue weighted by Crippen LogP contribution is 2.66. The van der Waals surface area contributed by atoms with Crippen LogP contribution < -0.4 is 4.90 Å². The van der Waals surface area contributed by atoms with Gasteiger partial charge in [0.2, 0.25) is 11.8 Å². The maximum Gasteiger partial charge on any atom is 0.253 e. The van der Waals surface area contributed by atoms with E-state index in [-0.39, 0.29) is 30.4 Å². The number of carbonyl (C=O) groups is 4. The van der Waals surface area contributed by atoms with Gasteiger partial charge in [-0.3, -0.25) is 29.0 Å². The molecule has 7 nitrogen and oxygen atoms in total. The molecule has 4 aliphatic rings. The van der Waals surface area contributed by atoms with Crippen molar-refractivity contribution in [3.8, 4) is 5.75 Å². The summed E-state index contributed by atoms with van der Waals surface area (Å²) in [5.41, 5.74) is 1.80. The van der Waals surface area contributed by atoms with Crippen LogP contribution in [0.2, 0.25) is 0 Å². The standard InChI is InChI=1S/C31H23BrCl2N2O5/c1-35-28(40)30(33)14-22-20(10-11-21-24(22)27(39)36(26(21)38)16-8-6-15(32)7-9-16)25(31(30,34)29(35)41)19-12-13-23(37)18-5-3-2-4-17(18)19/h2-10,12-13,21-22,24-25,37H,11,14H2,1H3. The van der Waals surface area contributed by atoms with Gasteiger partial charge in [0.1, 0.15) is 5.75 Å². The van der Waals surface area contributed by atoms with Crippen LogP contribution in [0.15, 0.2) is 76.8 Å². The third kappa shape index (κ3) is 3.32. The quantitative estimate of drug-likeness (QED) is 0.224. The van der Waals surface area contributed by atoms with Gasteiger partial charge in [-0.25, -0.2) is 0 Å². The number of nitrogens with zero attached hydrogens (tertiary/aromatic N) is 2. The molecule has 2 saturated heterocycles. The molecule has 1 saturated carbocycles. The van der Waals surface area contributed by atoms with E-state index < -0.39 is 45.2 Å². The Morgan fingerprint density at radius 2 is 1.56 bits per heavy atom. The second-order valence-electron chi connectivity index (χ2n) is 11.2. The molecule has 6 atom stereocenters. The van der Waals surface area contributed by atoms with Crippen molar-refractivity contribution in [1.82, 2.24) is 4.90 Å². The van der Waals surface area contributed by atoms with Crippen LogP contribution in [0, 0.1) is 17.8 Å². The van der Waals surface area contributed by atoms with Gasteiger partial charge in [0.05, 0.1) is 17.5 Å². The lowest BCUT2D eigenvalue weighted by molar-refractivity contribution is -0.138. The van der Waals surface area contributed by atoms with Crippen LogP contribution in [0.1, 0.15) is 24.3 Å². The Balaban J connectivity index is 1.44. The molecule has 6 unspecified atom stereocenters. The van der Waals surface area contributed by atoms with E-state index in [1.165, 1.54) is 18.0 Å². The molecule has 2 heterocycles. The Morgan fingerprint density at radius 1 is 0.878 bits per heavy atom. The minimum Gasteiger partial charge on any atom is -0.507 e. The first-order valence-electron chi connectivity index (χ1n) is 13.2. The maximum absolute atomic E-state index is 14.1. The Hall–Kier alpha value is -3.20. The first-order chi connectivity index (χ1) is 19.5. The van der Waals surface area contributed by atoms with Crippen molar-refractivity contribution >= 4 is 79.2 Å². The minimum atomic E-state index is -1.88. The number of amides is 4. The van der Waals surface area contributed by atoms with E-state index >= 15 is 0 Å². The van der Waals surface area contributed by atoms with Crippen molar-refractivity contribution in [3.63, 3.8) is 0 Å². The zero-order chi connectivity index (χ0) is 29.0. The van der Waals surface area contributed by atoms with Crippen molar-refractivity contribution < 1.29 is 24.3 Å². The molecule has 10 heteroatoms. The molecule has 3 fully saturated rings. The van der Waals surface area contributed by atoms with Crippen molar-refractivity contribution in [2.75, 3.05) is 11.9 Å². The molecule has 2 aliphatic heterocycles. The van der Waals surface area contributed by atoms with Crippen molar-refractivity contribution in [3.05, 3.63) is 82.3 Å². The Morgan fingerprint density at radius 3 is 2.27 bits per heavy atom. The zero-order valence-electron chi connectivity index (χ0n) is 21.7. The monoisotopic (exact) mass is 652 g/mol. The zero-order valence-corrected chi connectivity index (χ0v) is 24.8. The molecule has 7 rings (SSSR count). The Labute approximate surface area is 253 Å². The molecular formula is C31H23BrCl2N2O5. The van der Waals surface area contributed by atoms with Gasteiger partial charge < -0.3 is 5.11 Å². The highest BCUT2D eigenvalue weighted by atomic mass is 79.9. The number of hydrogen-bond acceptors (Lipinski definition) is 5. The van der Waals surface area contributed by atoms with E-state index in [1.54, 1.807) is 42.5 Å². The Bertz CT molecular complexity index is 1740. The van der Waals surface area contributed by atoms with Crippen molar-refractivity contribution in [2.24, 2.45) is 17.8 Å². The molecule has 208 valence electrons. The normalized spacial score (nSPS) is 32.7. The summed E-state index contributed by atoms with van der Waals surface area (Å²) in [4.78, 5) is 53.7. The number of aromatic hydroxyl groups is 1. The van der Waals surface area contributed by atoms with Gasteiger partial charge in [0, 0.05) is 22.8 Å². The number of imide groups is 2. The van der Waals surface area contributed by atoms with Crippen LogP contribution in [0.4, 0.5) is 5.69 Å². The number of allylic oxidation sites excluding steroid dienone is 2. The van der Waals surface area contributed by atoms with Crippen LogP contribution in [0.3, 0.4) is 0 Å². The number of alkyl halides is 2. The number of halogens is 3. The molecule has 3 aromatic carbocycles. The van der Waals surface area contributed by atoms with Crippen molar-refractivity contribution in [1.29, 1.82) is 0 Å². The highest BCUT2D eigenvalue weighted by molar-refractivity contribution is 9.10. The molecule has 0 radical (unpaired) electrons. The van der Waals surface area contributed by atoms with E-state index in [0.717, 1.165) is 9.37 Å². The van der Waals surface area contributed by atoms with Gasteiger partial charge in [-0.1, -0.05) is 57.9 Å². The summed E-state index contributed by atoms with van der Waals surface area (Å²) in [5.74, 6) is -4.77. The van der Waals surface area contributed by atoms with Gasteiger partial charge in [0.15, 0.2) is 9.75 Å². The number of anilines is 1. The number of likely N-dealkylation sites (tertiary alicyclic amines) is 1. The van der Waals surface area contributed by atoms with Gasteiger partial charge in [0.25, 0.3) is 11.8 Å². The molecule has 0 aromatic heterocycles. The summed E-state index contributed by atoms with van der Waals surface area (Å²) in [5, 5.41) is 11.8.